The third-order valence-electron chi connectivity index (χ3n) is 4.47. The fourth-order valence-corrected chi connectivity index (χ4v) is 2.87. The van der Waals surface area contributed by atoms with E-state index >= 15 is 0 Å². The molecular formula is C22H19F4N. The Morgan fingerprint density at radius 3 is 2.19 bits per heavy atom. The first-order chi connectivity index (χ1) is 12.8. The summed E-state index contributed by atoms with van der Waals surface area (Å²) in [6.45, 7) is 2.56. The highest BCUT2D eigenvalue weighted by Gasteiger charge is 2.30. The fraction of sp³-hybridized carbons (Fsp3) is 0.182. The first-order valence-electron chi connectivity index (χ1n) is 8.59. The van der Waals surface area contributed by atoms with E-state index in [1.165, 1.54) is 18.2 Å². The summed E-state index contributed by atoms with van der Waals surface area (Å²) in [6.07, 6.45) is -4.41. The van der Waals surface area contributed by atoms with Crippen LogP contribution in [0.15, 0.2) is 72.8 Å². The van der Waals surface area contributed by atoms with Crippen LogP contribution in [0.2, 0.25) is 0 Å². The van der Waals surface area contributed by atoms with E-state index in [9.17, 15) is 17.6 Å². The Morgan fingerprint density at radius 1 is 0.889 bits per heavy atom. The van der Waals surface area contributed by atoms with E-state index in [0.29, 0.717) is 12.1 Å². The van der Waals surface area contributed by atoms with Gasteiger partial charge in [-0.1, -0.05) is 48.5 Å². The fourth-order valence-electron chi connectivity index (χ4n) is 2.87. The second kappa shape index (κ2) is 7.92. The van der Waals surface area contributed by atoms with Gasteiger partial charge in [0.2, 0.25) is 0 Å². The molecule has 0 spiro atoms. The minimum Gasteiger partial charge on any atom is -0.306 e. The number of benzene rings is 3. The molecule has 5 heteroatoms. The second-order valence-corrected chi connectivity index (χ2v) is 6.40. The maximum Gasteiger partial charge on any atom is 0.416 e. The van der Waals surface area contributed by atoms with Crippen LogP contribution in [0, 0.1) is 5.82 Å². The van der Waals surface area contributed by atoms with Gasteiger partial charge < -0.3 is 5.32 Å². The van der Waals surface area contributed by atoms with E-state index in [1.54, 1.807) is 12.1 Å². The number of halogens is 4. The Balaban J connectivity index is 1.76. The van der Waals surface area contributed by atoms with Gasteiger partial charge in [-0.05, 0) is 47.9 Å². The van der Waals surface area contributed by atoms with Crippen molar-refractivity contribution in [2.75, 3.05) is 0 Å². The van der Waals surface area contributed by atoms with E-state index < -0.39 is 17.6 Å². The summed E-state index contributed by atoms with van der Waals surface area (Å²) < 4.78 is 52.3. The summed E-state index contributed by atoms with van der Waals surface area (Å²) in [7, 11) is 0. The number of hydrogen-bond acceptors (Lipinski definition) is 1. The van der Waals surface area contributed by atoms with Gasteiger partial charge in [0.05, 0.1) is 5.56 Å². The van der Waals surface area contributed by atoms with E-state index in [2.05, 4.69) is 5.32 Å². The van der Waals surface area contributed by atoms with Crippen molar-refractivity contribution < 1.29 is 17.6 Å². The molecule has 0 bridgehead atoms. The zero-order chi connectivity index (χ0) is 19.4. The molecule has 27 heavy (non-hydrogen) atoms. The molecule has 3 aromatic carbocycles. The third-order valence-corrected chi connectivity index (χ3v) is 4.47. The van der Waals surface area contributed by atoms with Crippen molar-refractivity contribution in [3.8, 4) is 11.1 Å². The van der Waals surface area contributed by atoms with Gasteiger partial charge in [-0.2, -0.15) is 13.2 Å². The molecule has 0 heterocycles. The Bertz CT molecular complexity index is 886. The lowest BCUT2D eigenvalue weighted by atomic mass is 10.0. The van der Waals surface area contributed by atoms with Crippen molar-refractivity contribution in [3.05, 3.63) is 95.3 Å². The lowest BCUT2D eigenvalue weighted by molar-refractivity contribution is -0.137. The minimum absolute atomic E-state index is 0.116. The molecule has 1 N–H and O–H groups in total. The molecular weight excluding hydrogens is 354 g/mol. The molecule has 0 aliphatic rings. The summed E-state index contributed by atoms with van der Waals surface area (Å²) in [6, 6.07) is 19.3. The molecule has 0 aliphatic carbocycles. The number of hydrogen-bond donors (Lipinski definition) is 1. The normalized spacial score (nSPS) is 12.8. The van der Waals surface area contributed by atoms with Crippen molar-refractivity contribution in [1.29, 1.82) is 0 Å². The molecule has 0 fully saturated rings. The summed E-state index contributed by atoms with van der Waals surface area (Å²) in [5.41, 5.74) is 1.95. The highest BCUT2D eigenvalue weighted by atomic mass is 19.4. The molecule has 0 radical (unpaired) electrons. The molecule has 3 aromatic rings. The Hall–Kier alpha value is -2.66. The second-order valence-electron chi connectivity index (χ2n) is 6.40. The first kappa shape index (κ1) is 19.1. The van der Waals surface area contributed by atoms with Crippen LogP contribution in [0.5, 0.6) is 0 Å². The largest absolute Gasteiger partial charge is 0.416 e. The van der Waals surface area contributed by atoms with Crippen LogP contribution in [0.3, 0.4) is 0 Å². The van der Waals surface area contributed by atoms with Gasteiger partial charge in [0.25, 0.3) is 0 Å². The van der Waals surface area contributed by atoms with Gasteiger partial charge in [-0.3, -0.25) is 0 Å². The topological polar surface area (TPSA) is 12.0 Å². The number of rotatable bonds is 5. The molecule has 3 rings (SSSR count). The van der Waals surface area contributed by atoms with Gasteiger partial charge in [-0.25, -0.2) is 4.39 Å². The molecule has 0 aromatic heterocycles. The van der Waals surface area contributed by atoms with E-state index in [4.69, 9.17) is 0 Å². The maximum absolute atomic E-state index is 14.2. The summed E-state index contributed by atoms with van der Waals surface area (Å²) in [5, 5.41) is 3.37. The van der Waals surface area contributed by atoms with Crippen LogP contribution in [0.25, 0.3) is 11.1 Å². The number of alkyl halides is 3. The monoisotopic (exact) mass is 373 g/mol. The molecule has 0 aliphatic heterocycles. The smallest absolute Gasteiger partial charge is 0.306 e. The molecule has 0 saturated carbocycles. The van der Waals surface area contributed by atoms with Gasteiger partial charge in [0.15, 0.2) is 0 Å². The van der Waals surface area contributed by atoms with Gasteiger partial charge in [0, 0.05) is 18.2 Å². The van der Waals surface area contributed by atoms with Crippen molar-refractivity contribution >= 4 is 0 Å². The summed E-state index contributed by atoms with van der Waals surface area (Å²) >= 11 is 0. The van der Waals surface area contributed by atoms with Gasteiger partial charge in [0.1, 0.15) is 5.82 Å². The minimum atomic E-state index is -4.41. The van der Waals surface area contributed by atoms with Crippen LogP contribution < -0.4 is 5.32 Å². The molecule has 0 amide bonds. The third kappa shape index (κ3) is 4.74. The predicted octanol–water partition coefficient (Wildman–Crippen LogP) is 6.36. The molecule has 1 nitrogen and oxygen atoms in total. The molecule has 1 atom stereocenters. The first-order valence-corrected chi connectivity index (χ1v) is 8.59. The Kier molecular flexibility index (Phi) is 5.61. The van der Waals surface area contributed by atoms with E-state index in [-0.39, 0.29) is 11.6 Å². The van der Waals surface area contributed by atoms with Crippen LogP contribution in [-0.4, -0.2) is 0 Å². The summed E-state index contributed by atoms with van der Waals surface area (Å²) in [5.74, 6) is -0.463. The van der Waals surface area contributed by atoms with Crippen molar-refractivity contribution in [1.82, 2.24) is 5.32 Å². The van der Waals surface area contributed by atoms with Crippen LogP contribution in [0.1, 0.15) is 29.7 Å². The lowest BCUT2D eigenvalue weighted by Gasteiger charge is -2.15. The van der Waals surface area contributed by atoms with Crippen LogP contribution in [-0.2, 0) is 12.7 Å². The maximum atomic E-state index is 14.2. The van der Waals surface area contributed by atoms with Gasteiger partial charge in [-0.15, -0.1) is 0 Å². The van der Waals surface area contributed by atoms with Crippen molar-refractivity contribution in [2.45, 2.75) is 25.7 Å². The summed E-state index contributed by atoms with van der Waals surface area (Å²) in [4.78, 5) is 0. The average Bonchev–Trinajstić information content (AvgIpc) is 2.67. The number of nitrogens with one attached hydrogen (secondary N) is 1. The molecule has 140 valence electrons. The van der Waals surface area contributed by atoms with Crippen molar-refractivity contribution in [2.24, 2.45) is 0 Å². The van der Waals surface area contributed by atoms with Crippen LogP contribution >= 0.6 is 0 Å². The van der Waals surface area contributed by atoms with Crippen molar-refractivity contribution in [3.63, 3.8) is 0 Å². The molecule has 0 saturated heterocycles. The highest BCUT2D eigenvalue weighted by molar-refractivity contribution is 5.65. The van der Waals surface area contributed by atoms with Crippen LogP contribution in [0.4, 0.5) is 17.6 Å². The SMILES string of the molecule is CC(NCc1ccc(F)c(-c2ccc(C(F)(F)F)cc2)c1)c1ccccc1. The van der Waals surface area contributed by atoms with Gasteiger partial charge >= 0.3 is 6.18 Å². The lowest BCUT2D eigenvalue weighted by Crippen LogP contribution is -2.18. The predicted molar refractivity (Wildman–Crippen MR) is 98.5 cm³/mol. The Morgan fingerprint density at radius 2 is 1.56 bits per heavy atom. The van der Waals surface area contributed by atoms with E-state index in [1.807, 2.05) is 37.3 Å². The zero-order valence-corrected chi connectivity index (χ0v) is 14.7. The standard InChI is InChI=1S/C22H19F4N/c1-15(17-5-3-2-4-6-17)27-14-16-7-12-21(23)20(13-16)18-8-10-19(11-9-18)22(24,25)26/h2-13,15,27H,14H2,1H3. The Labute approximate surface area is 155 Å². The molecule has 1 unspecified atom stereocenters. The average molecular weight is 373 g/mol. The quantitative estimate of drug-likeness (QED) is 0.513. The zero-order valence-electron chi connectivity index (χ0n) is 14.7. The van der Waals surface area contributed by atoms with E-state index in [0.717, 1.165) is 23.3 Å². The highest BCUT2D eigenvalue weighted by Crippen LogP contribution is 2.32.